The van der Waals surface area contributed by atoms with Crippen LogP contribution in [0.1, 0.15) is 232 Å². The zero-order valence-corrected chi connectivity index (χ0v) is 89.4. The molecule has 0 radical (unpaired) electrons. The first-order chi connectivity index (χ1) is 65.3. The predicted octanol–water partition coefficient (Wildman–Crippen LogP) is 31.7. The number of nitrogens with zero attached hydrogens (tertiary/aromatic N) is 6. The van der Waals surface area contributed by atoms with E-state index >= 15 is 0 Å². The lowest BCUT2D eigenvalue weighted by Crippen LogP contribution is -2.32. The van der Waals surface area contributed by atoms with Gasteiger partial charge in [0.1, 0.15) is 53.9 Å². The van der Waals surface area contributed by atoms with Crippen LogP contribution in [0.5, 0.6) is 0 Å². The summed E-state index contributed by atoms with van der Waals surface area (Å²) in [4.78, 5) is 0. The molecule has 0 amide bonds. The number of halogens is 2. The summed E-state index contributed by atoms with van der Waals surface area (Å²) < 4.78 is 41.6. The highest BCUT2D eigenvalue weighted by Crippen LogP contribution is 2.42. The topological polar surface area (TPSA) is 23.3 Å². The summed E-state index contributed by atoms with van der Waals surface area (Å²) in [5, 5.41) is 15.6. The van der Waals surface area contributed by atoms with Crippen LogP contribution in [0.3, 0.4) is 0 Å². The molecule has 6 heterocycles. The number of hydrogen-bond acceptors (Lipinski definition) is 0. The van der Waals surface area contributed by atoms with Gasteiger partial charge in [0.2, 0.25) is 34.2 Å². The maximum Gasteiger partial charge on any atom is 0.220 e. The van der Waals surface area contributed by atoms with Crippen LogP contribution < -0.4 is 27.4 Å². The third-order valence-electron chi connectivity index (χ3n) is 29.2. The number of hydrogen-bond donors (Lipinski definition) is 0. The average molecular weight is 1830 g/mol. The number of benzene rings is 12. The quantitative estimate of drug-likeness (QED) is 0.115. The van der Waals surface area contributed by atoms with Gasteiger partial charge in [-0.25, -0.2) is 36.2 Å². The Morgan fingerprint density at radius 2 is 0.514 bits per heavy atom. The fourth-order valence-electron chi connectivity index (χ4n) is 20.6. The zero-order valence-electron chi connectivity index (χ0n) is 89.4. The van der Waals surface area contributed by atoms with Gasteiger partial charge in [-0.05, 0) is 366 Å². The zero-order chi connectivity index (χ0) is 101. The highest BCUT2D eigenvalue weighted by Gasteiger charge is 2.29. The van der Waals surface area contributed by atoms with E-state index in [1.807, 2.05) is 79.9 Å². The molecule has 0 N–H and O–H groups in total. The van der Waals surface area contributed by atoms with Crippen LogP contribution in [0.15, 0.2) is 243 Å². The van der Waals surface area contributed by atoms with Crippen molar-refractivity contribution in [2.24, 2.45) is 42.3 Å². The molecule has 0 atom stereocenters. The Morgan fingerprint density at radius 3 is 0.935 bits per heavy atom. The molecule has 12 aromatic carbocycles. The van der Waals surface area contributed by atoms with Crippen molar-refractivity contribution in [1.82, 2.24) is 0 Å². The van der Waals surface area contributed by atoms with E-state index in [4.69, 9.17) is 0 Å². The molecule has 138 heavy (non-hydrogen) atoms. The molecule has 8 heteroatoms. The van der Waals surface area contributed by atoms with Crippen LogP contribution in [-0.2, 0) is 42.3 Å². The maximum atomic E-state index is 14.2. The lowest BCUT2D eigenvalue weighted by molar-refractivity contribution is -0.659. The molecule has 18 rings (SSSR count). The second-order valence-corrected chi connectivity index (χ2v) is 41.3. The van der Waals surface area contributed by atoms with Crippen LogP contribution in [0.25, 0.3) is 132 Å². The monoisotopic (exact) mass is 1830 g/mol. The molecule has 0 saturated carbocycles. The SMILES string of the molecule is Cc1cc(-c2c3ccccc3cc[n+]2C)c(C)c(C)c1F.Cc1cc(C)c(C)c(-c2c3cc(C(C)C)c(C(C)C)cc3cc[n+]2C)c1.Cc1cc(C)c(C)c(-c2c3ccc(C(C)C)cc3cc[n+]2C)c1.Cc1cc(C)c(C)c(-c2c3cccc(C(C)C)c3cc[n+]2C)c1.Cc1cc(C)c(C)c(-c2c3ccccc3c(C(C)C)c[n+]2C)c1.Cc1ccc2cc[n+](C)c(-c3cc(C)c(F)c(C)c3C)c2c1. The number of rotatable bonds is 11. The van der Waals surface area contributed by atoms with Gasteiger partial charge in [0.15, 0.2) is 37.2 Å². The van der Waals surface area contributed by atoms with E-state index in [1.54, 1.807) is 0 Å². The van der Waals surface area contributed by atoms with Gasteiger partial charge >= 0.3 is 0 Å². The second kappa shape index (κ2) is 42.5. The van der Waals surface area contributed by atoms with E-state index in [0.29, 0.717) is 40.7 Å². The summed E-state index contributed by atoms with van der Waals surface area (Å²) in [6.07, 6.45) is 13.0. The largest absolute Gasteiger partial charge is 0.220 e. The van der Waals surface area contributed by atoms with Gasteiger partial charge in [-0.2, -0.15) is 0 Å². The molecule has 0 saturated heterocycles. The molecule has 6 aromatic heterocycles. The van der Waals surface area contributed by atoms with E-state index in [1.165, 1.54) is 210 Å². The number of aromatic nitrogens is 6. The minimum absolute atomic E-state index is 0.0969. The number of aryl methyl sites for hydroxylation is 17. The molecule has 0 spiro atoms. The molecular weight excluding hydrogens is 1680 g/mol. The lowest BCUT2D eigenvalue weighted by Gasteiger charge is -2.18. The first-order valence-electron chi connectivity index (χ1n) is 49.6. The molecule has 0 aliphatic rings. The molecule has 0 aliphatic carbocycles. The Labute approximate surface area is 824 Å². The van der Waals surface area contributed by atoms with E-state index in [-0.39, 0.29) is 11.6 Å². The van der Waals surface area contributed by atoms with Crippen LogP contribution in [-0.4, -0.2) is 0 Å². The highest BCUT2D eigenvalue weighted by molar-refractivity contribution is 6.00. The Balaban J connectivity index is 0.000000140. The summed E-state index contributed by atoms with van der Waals surface area (Å²) in [6.45, 7) is 62.7. The summed E-state index contributed by atoms with van der Waals surface area (Å²) in [5.41, 5.74) is 44.6. The molecule has 708 valence electrons. The lowest BCUT2D eigenvalue weighted by atomic mass is 9.86. The molecule has 0 unspecified atom stereocenters. The van der Waals surface area contributed by atoms with Crippen molar-refractivity contribution in [3.05, 3.63) is 389 Å². The molecule has 18 aromatic rings. The van der Waals surface area contributed by atoms with E-state index in [9.17, 15) is 8.78 Å². The predicted molar refractivity (Wildman–Crippen MR) is 584 cm³/mol. The fourth-order valence-corrected chi connectivity index (χ4v) is 20.6. The first kappa shape index (κ1) is 102. The van der Waals surface area contributed by atoms with E-state index in [0.717, 1.165) is 44.8 Å². The van der Waals surface area contributed by atoms with Crippen molar-refractivity contribution in [2.75, 3.05) is 0 Å². The van der Waals surface area contributed by atoms with Gasteiger partial charge in [0, 0.05) is 35.9 Å². The highest BCUT2D eigenvalue weighted by atomic mass is 19.1. The van der Waals surface area contributed by atoms with E-state index in [2.05, 4.69) is 434 Å². The molecule has 0 bridgehead atoms. The minimum atomic E-state index is -0.0980. The van der Waals surface area contributed by atoms with Gasteiger partial charge in [-0.15, -0.1) is 0 Å². The number of fused-ring (bicyclic) bond motifs is 6. The van der Waals surface area contributed by atoms with Crippen LogP contribution in [0.4, 0.5) is 8.78 Å². The van der Waals surface area contributed by atoms with Crippen molar-refractivity contribution < 1.29 is 36.2 Å². The van der Waals surface area contributed by atoms with Crippen LogP contribution in [0, 0.1) is 143 Å². The van der Waals surface area contributed by atoms with Gasteiger partial charge in [0.05, 0.1) is 65.7 Å². The Morgan fingerprint density at radius 1 is 0.196 bits per heavy atom. The second-order valence-electron chi connectivity index (χ2n) is 41.3. The smallest absolute Gasteiger partial charge is 0.206 e. The first-order valence-corrected chi connectivity index (χ1v) is 49.6. The molecule has 0 fully saturated rings. The Bertz CT molecular complexity index is 7660. The third-order valence-corrected chi connectivity index (χ3v) is 29.2. The van der Waals surface area contributed by atoms with Gasteiger partial charge < -0.3 is 0 Å². The summed E-state index contributed by atoms with van der Waals surface area (Å²) in [6, 6.07) is 75.3. The minimum Gasteiger partial charge on any atom is -0.206 e. The standard InChI is InChI=1S/C25H32N.3C22H26N.C20H21FN.C19H19FN/c1-15(2)21-13-20-9-10-26(8)25(24(20)14-22(21)16(3)4)23-12-17(5)11-18(6)19(23)7;1-14(2)18-7-8-20-19(13-18)9-10-23(6)22(20)21-12-15(3)11-16(4)17(21)5;1-14(2)18-8-7-9-20-19(18)10-11-23(6)22(20)21-13-15(3)12-16(4)17(21)5;1-14(2)21-13-23(6)22(19-10-8-7-9-18(19)21)20-12-15(3)11-16(4)17(20)5;1-12-6-7-16-8-9-22(5)20(18(16)10-12)17-11-13(2)19(21)15(4)14(17)3;1-12-11-17(13(2)14(3)18(12)20)19-16-8-6-5-7-15(16)9-10-21(19)4/h9-16H,1-8H3;3*7-14H,1-6H3;6-11H,1-5H3;5-11H,1-4H3/q6*+1. The average Bonchev–Trinajstić information content (AvgIpc) is 0.765. The van der Waals surface area contributed by atoms with Gasteiger partial charge in [0.25, 0.3) is 0 Å². The molecule has 6 nitrogen and oxygen atoms in total. The Kier molecular flexibility index (Phi) is 31.5. The van der Waals surface area contributed by atoms with Gasteiger partial charge in [-0.3, -0.25) is 0 Å². The van der Waals surface area contributed by atoms with Crippen LogP contribution >= 0.6 is 0 Å². The summed E-state index contributed by atoms with van der Waals surface area (Å²) in [7, 11) is 12.7. The Hall–Kier alpha value is -13.0. The maximum absolute atomic E-state index is 14.2. The summed E-state index contributed by atoms with van der Waals surface area (Å²) in [5.74, 6) is 2.46. The van der Waals surface area contributed by atoms with Gasteiger partial charge in [-0.1, -0.05) is 200 Å². The van der Waals surface area contributed by atoms with Crippen molar-refractivity contribution >= 4 is 64.6 Å². The van der Waals surface area contributed by atoms with Crippen LogP contribution in [0.2, 0.25) is 0 Å². The third kappa shape index (κ3) is 21.2. The van der Waals surface area contributed by atoms with E-state index < -0.39 is 0 Å². The van der Waals surface area contributed by atoms with Crippen molar-refractivity contribution in [2.45, 2.75) is 230 Å². The summed E-state index contributed by atoms with van der Waals surface area (Å²) >= 11 is 0. The molecule has 0 aliphatic heterocycles. The normalized spacial score (nSPS) is 11.4. The fraction of sp³-hybridized carbons (Fsp3) is 0.308. The number of pyridine rings is 6. The molecular formula is C130H150F2N6+6. The van der Waals surface area contributed by atoms with Crippen molar-refractivity contribution in [3.8, 4) is 67.5 Å². The van der Waals surface area contributed by atoms with Crippen molar-refractivity contribution in [3.63, 3.8) is 0 Å². The van der Waals surface area contributed by atoms with Crippen molar-refractivity contribution in [1.29, 1.82) is 0 Å².